The molecule has 0 radical (unpaired) electrons. The number of nitro groups is 1. The quantitative estimate of drug-likeness (QED) is 0.267. The number of rotatable bonds is 6. The van der Waals surface area contributed by atoms with Gasteiger partial charge in [0.1, 0.15) is 12.0 Å². The van der Waals surface area contributed by atoms with E-state index in [1.54, 1.807) is 24.3 Å². The molecule has 0 unspecified atom stereocenters. The summed E-state index contributed by atoms with van der Waals surface area (Å²) in [4.78, 5) is 33.0. The molecule has 23 heavy (non-hydrogen) atoms. The van der Waals surface area contributed by atoms with Crippen molar-refractivity contribution in [2.75, 3.05) is 7.11 Å². The fraction of sp³-hybridized carbons (Fsp3) is 0.125. The number of carbonyl (C=O) groups excluding carboxylic acids is 2. The van der Waals surface area contributed by atoms with E-state index in [9.17, 15) is 19.7 Å². The molecule has 0 spiro atoms. The predicted molar refractivity (Wildman–Crippen MR) is 80.8 cm³/mol. The summed E-state index contributed by atoms with van der Waals surface area (Å²) in [6, 6.07) is 10.4. The maximum absolute atomic E-state index is 12.0. The van der Waals surface area contributed by atoms with Crippen molar-refractivity contribution in [1.29, 1.82) is 0 Å². The van der Waals surface area contributed by atoms with E-state index >= 15 is 0 Å². The average molecular weight is 315 g/mol. The van der Waals surface area contributed by atoms with E-state index in [1.165, 1.54) is 13.2 Å². The van der Waals surface area contributed by atoms with Crippen LogP contribution in [0, 0.1) is 10.1 Å². The molecule has 2 aromatic carbocycles. The van der Waals surface area contributed by atoms with Gasteiger partial charge in [0.05, 0.1) is 18.5 Å². The van der Waals surface area contributed by atoms with Crippen LogP contribution in [0.15, 0.2) is 42.5 Å². The maximum Gasteiger partial charge on any atom is 0.315 e. The lowest BCUT2D eigenvalue weighted by Crippen LogP contribution is -2.12. The first-order valence-corrected chi connectivity index (χ1v) is 6.60. The third-order valence-corrected chi connectivity index (χ3v) is 3.02. The van der Waals surface area contributed by atoms with Crippen molar-refractivity contribution in [2.45, 2.75) is 6.42 Å². The topological polar surface area (TPSA) is 95.7 Å². The summed E-state index contributed by atoms with van der Waals surface area (Å²) in [6.07, 6.45) is 0.433. The van der Waals surface area contributed by atoms with Gasteiger partial charge < -0.3 is 9.47 Å². The van der Waals surface area contributed by atoms with Crippen LogP contribution >= 0.6 is 0 Å². The second-order valence-corrected chi connectivity index (χ2v) is 4.60. The number of aldehydes is 1. The predicted octanol–water partition coefficient (Wildman–Crippen LogP) is 2.56. The number of benzene rings is 2. The molecule has 2 aromatic rings. The number of carbonyl (C=O) groups is 2. The third-order valence-electron chi connectivity index (χ3n) is 3.02. The Bertz CT molecular complexity index is 756. The second-order valence-electron chi connectivity index (χ2n) is 4.60. The highest BCUT2D eigenvalue weighted by atomic mass is 16.6. The van der Waals surface area contributed by atoms with Crippen LogP contribution in [0.5, 0.6) is 11.5 Å². The van der Waals surface area contributed by atoms with Crippen molar-refractivity contribution in [3.63, 3.8) is 0 Å². The highest BCUT2D eigenvalue weighted by molar-refractivity contribution is 5.80. The standard InChI is InChI=1S/C16H13NO6/c1-22-13-4-2-3-11(7-13)9-16(19)23-15-8-12(10-18)5-6-14(15)17(20)21/h2-8,10H,9H2,1H3. The Morgan fingerprint density at radius 2 is 2.04 bits per heavy atom. The van der Waals surface area contributed by atoms with E-state index in [2.05, 4.69) is 0 Å². The van der Waals surface area contributed by atoms with Gasteiger partial charge in [-0.1, -0.05) is 12.1 Å². The summed E-state index contributed by atoms with van der Waals surface area (Å²) in [6.45, 7) is 0. The van der Waals surface area contributed by atoms with Gasteiger partial charge in [0.25, 0.3) is 0 Å². The SMILES string of the molecule is COc1cccc(CC(=O)Oc2cc(C=O)ccc2[N+](=O)[O-])c1. The Morgan fingerprint density at radius 1 is 1.26 bits per heavy atom. The molecule has 0 aliphatic rings. The molecular formula is C16H13NO6. The molecule has 0 atom stereocenters. The lowest BCUT2D eigenvalue weighted by atomic mass is 10.1. The van der Waals surface area contributed by atoms with Gasteiger partial charge in [-0.25, -0.2) is 0 Å². The Morgan fingerprint density at radius 3 is 2.70 bits per heavy atom. The summed E-state index contributed by atoms with van der Waals surface area (Å²) in [5.41, 5.74) is 0.443. The first-order valence-electron chi connectivity index (χ1n) is 6.60. The highest BCUT2D eigenvalue weighted by Gasteiger charge is 2.19. The first-order chi connectivity index (χ1) is 11.0. The zero-order valence-electron chi connectivity index (χ0n) is 12.2. The molecular weight excluding hydrogens is 302 g/mol. The van der Waals surface area contributed by atoms with Gasteiger partial charge in [-0.05, 0) is 29.8 Å². The Hall–Kier alpha value is -3.22. The third kappa shape index (κ3) is 4.13. The molecule has 0 aromatic heterocycles. The molecule has 0 aliphatic heterocycles. The van der Waals surface area contributed by atoms with Gasteiger partial charge >= 0.3 is 11.7 Å². The van der Waals surface area contributed by atoms with E-state index in [0.29, 0.717) is 17.6 Å². The van der Waals surface area contributed by atoms with Crippen molar-refractivity contribution < 1.29 is 24.0 Å². The van der Waals surface area contributed by atoms with Gasteiger partial charge in [-0.15, -0.1) is 0 Å². The van der Waals surface area contributed by atoms with Crippen LogP contribution in [0.25, 0.3) is 0 Å². The maximum atomic E-state index is 12.0. The van der Waals surface area contributed by atoms with Gasteiger partial charge in [-0.2, -0.15) is 0 Å². The zero-order valence-corrected chi connectivity index (χ0v) is 12.2. The average Bonchev–Trinajstić information content (AvgIpc) is 2.54. The van der Waals surface area contributed by atoms with E-state index in [-0.39, 0.29) is 23.4 Å². The van der Waals surface area contributed by atoms with Crippen LogP contribution in [0.4, 0.5) is 5.69 Å². The van der Waals surface area contributed by atoms with Crippen molar-refractivity contribution in [1.82, 2.24) is 0 Å². The zero-order chi connectivity index (χ0) is 16.8. The van der Waals surface area contributed by atoms with E-state index < -0.39 is 10.9 Å². The first kappa shape index (κ1) is 16.2. The number of nitro benzene ring substituents is 1. The molecule has 0 amide bonds. The van der Waals surface area contributed by atoms with E-state index in [1.807, 2.05) is 0 Å². The summed E-state index contributed by atoms with van der Waals surface area (Å²) < 4.78 is 10.1. The number of esters is 1. The number of hydrogen-bond acceptors (Lipinski definition) is 6. The van der Waals surface area contributed by atoms with Crippen LogP contribution in [0.3, 0.4) is 0 Å². The van der Waals surface area contributed by atoms with E-state index in [4.69, 9.17) is 9.47 Å². The van der Waals surface area contributed by atoms with Crippen LogP contribution in [-0.2, 0) is 11.2 Å². The summed E-state index contributed by atoms with van der Waals surface area (Å²) in [7, 11) is 1.51. The molecule has 0 aliphatic carbocycles. The minimum absolute atomic E-state index is 0.0837. The molecule has 2 rings (SSSR count). The highest BCUT2D eigenvalue weighted by Crippen LogP contribution is 2.28. The number of nitrogens with zero attached hydrogens (tertiary/aromatic N) is 1. The minimum Gasteiger partial charge on any atom is -0.497 e. The van der Waals surface area contributed by atoms with Gasteiger partial charge in [0.2, 0.25) is 5.75 Å². The molecule has 7 nitrogen and oxygen atoms in total. The van der Waals surface area contributed by atoms with Gasteiger partial charge in [0.15, 0.2) is 0 Å². The monoisotopic (exact) mass is 315 g/mol. The number of methoxy groups -OCH3 is 1. The fourth-order valence-electron chi connectivity index (χ4n) is 1.94. The minimum atomic E-state index is -0.678. The summed E-state index contributed by atoms with van der Waals surface area (Å²) in [5, 5.41) is 11.0. The van der Waals surface area contributed by atoms with Crippen LogP contribution in [0.2, 0.25) is 0 Å². The lowest BCUT2D eigenvalue weighted by molar-refractivity contribution is -0.385. The largest absolute Gasteiger partial charge is 0.497 e. The van der Waals surface area contributed by atoms with Crippen LogP contribution in [0.1, 0.15) is 15.9 Å². The molecule has 0 heterocycles. The van der Waals surface area contributed by atoms with Crippen molar-refractivity contribution in [3.05, 3.63) is 63.7 Å². The van der Waals surface area contributed by atoms with Crippen molar-refractivity contribution in [3.8, 4) is 11.5 Å². The Labute approximate surface area is 131 Å². The van der Waals surface area contributed by atoms with Crippen LogP contribution in [-0.4, -0.2) is 24.3 Å². The Kier molecular flexibility index (Phi) is 5.03. The molecule has 0 fully saturated rings. The molecule has 7 heteroatoms. The van der Waals surface area contributed by atoms with Gasteiger partial charge in [0, 0.05) is 11.6 Å². The molecule has 118 valence electrons. The normalized spacial score (nSPS) is 9.96. The van der Waals surface area contributed by atoms with Gasteiger partial charge in [-0.3, -0.25) is 19.7 Å². The smallest absolute Gasteiger partial charge is 0.315 e. The number of hydrogen-bond donors (Lipinski definition) is 0. The van der Waals surface area contributed by atoms with Crippen molar-refractivity contribution in [2.24, 2.45) is 0 Å². The van der Waals surface area contributed by atoms with E-state index in [0.717, 1.165) is 12.1 Å². The second kappa shape index (κ2) is 7.17. The summed E-state index contributed by atoms with van der Waals surface area (Å²) in [5.74, 6) is -0.346. The Balaban J connectivity index is 2.19. The number of ether oxygens (including phenoxy) is 2. The summed E-state index contributed by atoms with van der Waals surface area (Å²) >= 11 is 0. The molecule has 0 N–H and O–H groups in total. The molecule has 0 saturated heterocycles. The fourth-order valence-corrected chi connectivity index (χ4v) is 1.94. The van der Waals surface area contributed by atoms with Crippen molar-refractivity contribution >= 4 is 17.9 Å². The molecule has 0 bridgehead atoms. The molecule has 0 saturated carbocycles. The van der Waals surface area contributed by atoms with Crippen LogP contribution < -0.4 is 9.47 Å². The lowest BCUT2D eigenvalue weighted by Gasteiger charge is -2.07.